The molecule has 1 aromatic carbocycles. The van der Waals surface area contributed by atoms with Gasteiger partial charge in [-0.15, -0.1) is 6.58 Å². The largest absolute Gasteiger partial charge is 0.296 e. The molecule has 0 bridgehead atoms. The highest BCUT2D eigenvalue weighted by Gasteiger charge is 2.20. The van der Waals surface area contributed by atoms with Crippen molar-refractivity contribution in [3.8, 4) is 10.7 Å². The molecule has 0 aliphatic heterocycles. The number of thiazole rings is 1. The fraction of sp³-hybridized carbons (Fsp3) is 0.158. The molecular formula is C19H17N7O2S2. The highest BCUT2D eigenvalue weighted by atomic mass is 32.1. The Morgan fingerprint density at radius 3 is 2.83 bits per heavy atom. The summed E-state index contributed by atoms with van der Waals surface area (Å²) in [4.78, 5) is 30.4. The Kier molecular flexibility index (Phi) is 5.14. The van der Waals surface area contributed by atoms with Gasteiger partial charge in [-0.05, 0) is 25.2 Å². The van der Waals surface area contributed by atoms with E-state index >= 15 is 0 Å². The monoisotopic (exact) mass is 439 g/mol. The molecule has 3 heterocycles. The highest BCUT2D eigenvalue weighted by Crippen LogP contribution is 2.32. The van der Waals surface area contributed by atoms with Crippen LogP contribution in [-0.4, -0.2) is 35.4 Å². The van der Waals surface area contributed by atoms with Crippen molar-refractivity contribution in [2.75, 3.05) is 5.32 Å². The quantitative estimate of drug-likeness (QED) is 0.365. The van der Waals surface area contributed by atoms with E-state index in [-0.39, 0.29) is 11.3 Å². The van der Waals surface area contributed by atoms with Crippen molar-refractivity contribution < 1.29 is 4.79 Å². The molecule has 3 aromatic heterocycles. The average molecular weight is 440 g/mol. The lowest BCUT2D eigenvalue weighted by molar-refractivity contribution is 0.102. The SMILES string of the molecule is C=CCn1c(-c2sc(NC(=O)c3nn(C)c(=O)c4ccccc34)nc2C)n[nH]c1=S. The van der Waals surface area contributed by atoms with E-state index < -0.39 is 5.91 Å². The number of fused-ring (bicyclic) bond motifs is 1. The Morgan fingerprint density at radius 1 is 1.37 bits per heavy atom. The van der Waals surface area contributed by atoms with Crippen molar-refractivity contribution in [3.63, 3.8) is 0 Å². The number of carbonyl (C=O) groups excluding carboxylic acids is 1. The van der Waals surface area contributed by atoms with Gasteiger partial charge in [-0.2, -0.15) is 10.2 Å². The number of rotatable bonds is 5. The average Bonchev–Trinajstić information content (AvgIpc) is 3.27. The van der Waals surface area contributed by atoms with Gasteiger partial charge in [0, 0.05) is 19.0 Å². The fourth-order valence-corrected chi connectivity index (χ4v) is 4.24. The van der Waals surface area contributed by atoms with Gasteiger partial charge in [0.15, 0.2) is 21.4 Å². The summed E-state index contributed by atoms with van der Waals surface area (Å²) >= 11 is 6.54. The molecule has 0 spiro atoms. The first-order chi connectivity index (χ1) is 14.4. The molecular weight excluding hydrogens is 422 g/mol. The Bertz CT molecular complexity index is 1410. The van der Waals surface area contributed by atoms with Crippen LogP contribution in [0.4, 0.5) is 5.13 Å². The standard InChI is InChI=1S/C19H17N7O2S2/c1-4-9-26-15(22-23-19(26)29)14-10(2)20-18(30-14)21-16(27)13-11-7-5-6-8-12(11)17(28)25(3)24-13/h4-8H,1,9H2,2-3H3,(H,23,29)(H,20,21,27). The van der Waals surface area contributed by atoms with E-state index in [0.29, 0.717) is 38.7 Å². The van der Waals surface area contributed by atoms with Gasteiger partial charge in [0.2, 0.25) is 0 Å². The van der Waals surface area contributed by atoms with Crippen LogP contribution in [0.5, 0.6) is 0 Å². The van der Waals surface area contributed by atoms with Crippen LogP contribution in [0.15, 0.2) is 41.7 Å². The maximum Gasteiger partial charge on any atom is 0.278 e. The Balaban J connectivity index is 1.71. The highest BCUT2D eigenvalue weighted by molar-refractivity contribution is 7.71. The number of aromatic nitrogens is 6. The molecule has 0 radical (unpaired) electrons. The summed E-state index contributed by atoms with van der Waals surface area (Å²) in [7, 11) is 1.51. The molecule has 0 fully saturated rings. The maximum absolute atomic E-state index is 12.9. The number of aryl methyl sites for hydroxylation is 2. The summed E-state index contributed by atoms with van der Waals surface area (Å²) in [5.41, 5.74) is 0.587. The van der Waals surface area contributed by atoms with Crippen LogP contribution >= 0.6 is 23.6 Å². The molecule has 0 atom stereocenters. The van der Waals surface area contributed by atoms with Crippen molar-refractivity contribution in [1.82, 2.24) is 29.5 Å². The molecule has 152 valence electrons. The lowest BCUT2D eigenvalue weighted by atomic mass is 10.1. The van der Waals surface area contributed by atoms with Crippen molar-refractivity contribution in [3.05, 3.63) is 63.4 Å². The molecule has 4 rings (SSSR count). The smallest absolute Gasteiger partial charge is 0.278 e. The zero-order valence-corrected chi connectivity index (χ0v) is 17.8. The first-order valence-electron chi connectivity index (χ1n) is 8.92. The van der Waals surface area contributed by atoms with E-state index in [0.717, 1.165) is 9.56 Å². The number of nitrogens with one attached hydrogen (secondary N) is 2. The number of carbonyl (C=O) groups is 1. The predicted octanol–water partition coefficient (Wildman–Crippen LogP) is 3.06. The van der Waals surface area contributed by atoms with Crippen LogP contribution in [0.1, 0.15) is 16.2 Å². The van der Waals surface area contributed by atoms with E-state index in [1.807, 2.05) is 6.92 Å². The zero-order chi connectivity index (χ0) is 21.4. The number of allylic oxidation sites excluding steroid dienone is 1. The number of amides is 1. The second-order valence-electron chi connectivity index (χ2n) is 6.46. The van der Waals surface area contributed by atoms with Gasteiger partial charge in [-0.1, -0.05) is 35.6 Å². The third kappa shape index (κ3) is 3.37. The van der Waals surface area contributed by atoms with E-state index in [4.69, 9.17) is 12.2 Å². The summed E-state index contributed by atoms with van der Waals surface area (Å²) in [5, 5.41) is 15.3. The summed E-state index contributed by atoms with van der Waals surface area (Å²) in [6, 6.07) is 6.88. The van der Waals surface area contributed by atoms with E-state index in [9.17, 15) is 9.59 Å². The topological polar surface area (TPSA) is 110 Å². The number of hydrogen-bond acceptors (Lipinski definition) is 7. The Hall–Kier alpha value is -3.44. The molecule has 4 aromatic rings. The minimum atomic E-state index is -0.452. The van der Waals surface area contributed by atoms with Gasteiger partial charge in [0.1, 0.15) is 0 Å². The number of benzene rings is 1. The number of hydrogen-bond donors (Lipinski definition) is 2. The lowest BCUT2D eigenvalue weighted by Crippen LogP contribution is -2.25. The lowest BCUT2D eigenvalue weighted by Gasteiger charge is -2.07. The van der Waals surface area contributed by atoms with Gasteiger partial charge in [0.05, 0.1) is 16.0 Å². The van der Waals surface area contributed by atoms with Crippen molar-refractivity contribution >= 4 is 45.4 Å². The molecule has 30 heavy (non-hydrogen) atoms. The van der Waals surface area contributed by atoms with Crippen LogP contribution in [-0.2, 0) is 13.6 Å². The third-order valence-electron chi connectivity index (χ3n) is 4.46. The van der Waals surface area contributed by atoms with Gasteiger partial charge in [0.25, 0.3) is 11.5 Å². The first-order valence-corrected chi connectivity index (χ1v) is 10.1. The summed E-state index contributed by atoms with van der Waals surface area (Å²) in [6.45, 7) is 6.07. The number of H-pyrrole nitrogens is 1. The number of nitrogens with zero attached hydrogens (tertiary/aromatic N) is 5. The molecule has 9 nitrogen and oxygen atoms in total. The molecule has 0 aliphatic rings. The molecule has 0 saturated heterocycles. The molecule has 2 N–H and O–H groups in total. The fourth-order valence-electron chi connectivity index (χ4n) is 3.07. The van der Waals surface area contributed by atoms with E-state index in [2.05, 4.69) is 32.2 Å². The second-order valence-corrected chi connectivity index (χ2v) is 7.85. The summed E-state index contributed by atoms with van der Waals surface area (Å²) in [5.74, 6) is 0.174. The van der Waals surface area contributed by atoms with Gasteiger partial charge in [-0.3, -0.25) is 24.6 Å². The Morgan fingerprint density at radius 2 is 2.10 bits per heavy atom. The van der Waals surface area contributed by atoms with Crippen molar-refractivity contribution in [2.45, 2.75) is 13.5 Å². The van der Waals surface area contributed by atoms with Crippen LogP contribution in [0.3, 0.4) is 0 Å². The zero-order valence-electron chi connectivity index (χ0n) is 16.2. The molecule has 0 aliphatic carbocycles. The van der Waals surface area contributed by atoms with Crippen molar-refractivity contribution in [1.29, 1.82) is 0 Å². The van der Waals surface area contributed by atoms with E-state index in [1.165, 1.54) is 18.4 Å². The van der Waals surface area contributed by atoms with Gasteiger partial charge in [-0.25, -0.2) is 9.67 Å². The van der Waals surface area contributed by atoms with Crippen LogP contribution < -0.4 is 10.9 Å². The molecule has 1 amide bonds. The van der Waals surface area contributed by atoms with Crippen LogP contribution in [0.25, 0.3) is 21.5 Å². The Labute approximate surface area is 179 Å². The van der Waals surface area contributed by atoms with Crippen LogP contribution in [0.2, 0.25) is 0 Å². The van der Waals surface area contributed by atoms with Gasteiger partial charge < -0.3 is 0 Å². The first kappa shape index (κ1) is 19.9. The van der Waals surface area contributed by atoms with Crippen LogP contribution in [0, 0.1) is 11.7 Å². The summed E-state index contributed by atoms with van der Waals surface area (Å²) < 4.78 is 3.43. The maximum atomic E-state index is 12.9. The third-order valence-corrected chi connectivity index (χ3v) is 5.84. The molecule has 11 heteroatoms. The normalized spacial score (nSPS) is 11.0. The predicted molar refractivity (Wildman–Crippen MR) is 118 cm³/mol. The van der Waals surface area contributed by atoms with Crippen molar-refractivity contribution in [2.24, 2.45) is 7.05 Å². The second kappa shape index (κ2) is 7.76. The molecule has 0 unspecified atom stereocenters. The van der Waals surface area contributed by atoms with E-state index in [1.54, 1.807) is 34.9 Å². The number of anilines is 1. The van der Waals surface area contributed by atoms with Gasteiger partial charge >= 0.3 is 0 Å². The number of aromatic amines is 1. The molecule has 0 saturated carbocycles. The minimum absolute atomic E-state index is 0.149. The summed E-state index contributed by atoms with van der Waals surface area (Å²) in [6.07, 6.45) is 1.73. The minimum Gasteiger partial charge on any atom is -0.296 e.